The van der Waals surface area contributed by atoms with Gasteiger partial charge < -0.3 is 20.0 Å². The van der Waals surface area contributed by atoms with E-state index in [1.54, 1.807) is 31.4 Å². The fraction of sp³-hybridized carbons (Fsp3) is 0.0800. The first-order valence-electron chi connectivity index (χ1n) is 9.83. The molecule has 1 N–H and O–H groups in total. The molecule has 1 fully saturated rings. The van der Waals surface area contributed by atoms with E-state index in [-0.39, 0.29) is 41.9 Å². The minimum atomic E-state index is -1.13. The number of aliphatic imine (C=N–C) groups is 1. The van der Waals surface area contributed by atoms with Crippen LogP contribution in [0.15, 0.2) is 82.7 Å². The van der Waals surface area contributed by atoms with Gasteiger partial charge >= 0.3 is 29.6 Å². The molecule has 1 aliphatic rings. The fourth-order valence-electron chi connectivity index (χ4n) is 3.16. The summed E-state index contributed by atoms with van der Waals surface area (Å²) in [5.41, 5.74) is 4.32. The monoisotopic (exact) mass is 466 g/mol. The molecule has 160 valence electrons. The molecule has 0 aliphatic carbocycles. The molecule has 0 spiro atoms. The van der Waals surface area contributed by atoms with Gasteiger partial charge in [-0.15, -0.1) is 0 Å². The maximum Gasteiger partial charge on any atom is 1.00 e. The van der Waals surface area contributed by atoms with Gasteiger partial charge in [0.2, 0.25) is 0 Å². The zero-order chi connectivity index (χ0) is 22.5. The number of amides is 1. The number of amidine groups is 1. The summed E-state index contributed by atoms with van der Waals surface area (Å²) in [6.45, 7) is 0. The smallest absolute Gasteiger partial charge is 0.550 e. The van der Waals surface area contributed by atoms with Crippen molar-refractivity contribution in [1.82, 2.24) is 5.32 Å². The third kappa shape index (κ3) is 6.58. The zero-order valence-electron chi connectivity index (χ0n) is 18.2. The Hall–Kier alpha value is -2.84. The first-order valence-corrected chi connectivity index (χ1v) is 10.6. The number of carboxylic acid groups (broad SMARTS) is 1. The summed E-state index contributed by atoms with van der Waals surface area (Å²) in [5, 5.41) is 13.9. The number of aliphatic carboxylic acids is 1. The largest absolute Gasteiger partial charge is 1.00 e. The van der Waals surface area contributed by atoms with Crippen LogP contribution >= 0.6 is 11.8 Å². The average molecular weight is 466 g/mol. The molecule has 3 aromatic rings. The molecule has 33 heavy (non-hydrogen) atoms. The molecule has 1 saturated heterocycles. The Bertz CT molecular complexity index is 1200. The van der Waals surface area contributed by atoms with E-state index in [2.05, 4.69) is 10.3 Å². The fourth-order valence-corrected chi connectivity index (χ4v) is 4.00. The number of benzene rings is 3. The van der Waals surface area contributed by atoms with Crippen LogP contribution in [0.2, 0.25) is 0 Å². The van der Waals surface area contributed by atoms with Crippen LogP contribution in [0.1, 0.15) is 11.1 Å². The van der Waals surface area contributed by atoms with Crippen molar-refractivity contribution in [1.29, 1.82) is 0 Å². The average Bonchev–Trinajstić information content (AvgIpc) is 3.14. The van der Waals surface area contributed by atoms with E-state index in [4.69, 9.17) is 4.74 Å². The maximum absolute atomic E-state index is 12.3. The normalized spacial score (nSPS) is 15.2. The van der Waals surface area contributed by atoms with E-state index in [9.17, 15) is 14.7 Å². The Kier molecular flexibility index (Phi) is 8.52. The van der Waals surface area contributed by atoms with E-state index < -0.39 is 5.97 Å². The van der Waals surface area contributed by atoms with Crippen molar-refractivity contribution in [2.24, 2.45) is 4.99 Å². The quantitative estimate of drug-likeness (QED) is 0.423. The topological polar surface area (TPSA) is 90.8 Å². The van der Waals surface area contributed by atoms with Crippen molar-refractivity contribution in [3.63, 3.8) is 0 Å². The zero-order valence-corrected chi connectivity index (χ0v) is 21.0. The van der Waals surface area contributed by atoms with Gasteiger partial charge in [0.1, 0.15) is 5.75 Å². The molecule has 3 aromatic carbocycles. The van der Waals surface area contributed by atoms with Crippen molar-refractivity contribution < 1.29 is 49.0 Å². The first-order chi connectivity index (χ1) is 15.5. The maximum atomic E-state index is 12.3. The predicted octanol–water partition coefficient (Wildman–Crippen LogP) is 0.550. The second-order valence-corrected chi connectivity index (χ2v) is 8.08. The van der Waals surface area contributed by atoms with Crippen molar-refractivity contribution in [3.8, 4) is 16.9 Å². The molecule has 1 aliphatic heterocycles. The molecule has 4 rings (SSSR count). The second kappa shape index (κ2) is 11.3. The van der Waals surface area contributed by atoms with Gasteiger partial charge in [-0.05, 0) is 64.4 Å². The third-order valence-corrected chi connectivity index (χ3v) is 5.71. The van der Waals surface area contributed by atoms with Gasteiger partial charge in [0.25, 0.3) is 5.91 Å². The molecule has 0 unspecified atom stereocenters. The molecule has 8 heteroatoms. The standard InChI is InChI=1S/C25H20N2O4S.Na/c1-31-21-12-8-19(9-13-21)18-6-2-16(3-7-18)14-22-24(30)27-25(32-22)26-20-10-4-17(5-11-20)15-23(28)29;/h2-14H,15H2,1H3,(H,28,29)(H,26,27,30);/q;+1/p-1. The van der Waals surface area contributed by atoms with Crippen LogP contribution in [0.4, 0.5) is 5.69 Å². The van der Waals surface area contributed by atoms with E-state index in [1.165, 1.54) is 11.8 Å². The summed E-state index contributed by atoms with van der Waals surface area (Å²) in [7, 11) is 1.64. The van der Waals surface area contributed by atoms with Crippen molar-refractivity contribution in [2.75, 3.05) is 7.11 Å². The van der Waals surface area contributed by atoms with E-state index in [1.807, 2.05) is 54.6 Å². The number of ether oxygens (including phenoxy) is 1. The summed E-state index contributed by atoms with van der Waals surface area (Å²) < 4.78 is 5.19. The number of carbonyl (C=O) groups is 2. The third-order valence-electron chi connectivity index (χ3n) is 4.80. The number of hydrogen-bond acceptors (Lipinski definition) is 6. The molecule has 0 aromatic heterocycles. The van der Waals surface area contributed by atoms with Gasteiger partial charge in [0, 0.05) is 12.4 Å². The number of thioether (sulfide) groups is 1. The van der Waals surface area contributed by atoms with Crippen molar-refractivity contribution in [2.45, 2.75) is 6.42 Å². The van der Waals surface area contributed by atoms with Crippen LogP contribution in [-0.4, -0.2) is 24.2 Å². The Balaban J connectivity index is 0.00000306. The Labute approximate surface area is 218 Å². The summed E-state index contributed by atoms with van der Waals surface area (Å²) in [6.07, 6.45) is 1.68. The molecule has 0 bridgehead atoms. The second-order valence-electron chi connectivity index (χ2n) is 7.05. The number of rotatable bonds is 6. The molecular formula is C25H19N2NaO4S. The summed E-state index contributed by atoms with van der Waals surface area (Å²) in [6, 6.07) is 22.6. The van der Waals surface area contributed by atoms with Gasteiger partial charge in [-0.1, -0.05) is 48.5 Å². The van der Waals surface area contributed by atoms with E-state index in [0.29, 0.717) is 21.3 Å². The van der Waals surface area contributed by atoms with Crippen LogP contribution in [0.5, 0.6) is 5.75 Å². The van der Waals surface area contributed by atoms with E-state index in [0.717, 1.165) is 22.4 Å². The van der Waals surface area contributed by atoms with Crippen LogP contribution in [-0.2, 0) is 16.0 Å². The number of methoxy groups -OCH3 is 1. The minimum absolute atomic E-state index is 0. The van der Waals surface area contributed by atoms with Crippen molar-refractivity contribution in [3.05, 3.63) is 88.8 Å². The SMILES string of the molecule is COc1ccc(-c2ccc(C=C3SC(=Nc4ccc(CC(=O)[O-])cc4)NC3=O)cc2)cc1.[Na+]. The number of hydrogen-bond donors (Lipinski definition) is 1. The van der Waals surface area contributed by atoms with Crippen molar-refractivity contribution >= 4 is 40.6 Å². The Morgan fingerprint density at radius 3 is 2.18 bits per heavy atom. The number of carboxylic acids is 1. The first kappa shape index (κ1) is 24.8. The van der Waals surface area contributed by atoms with Gasteiger partial charge in [0.15, 0.2) is 5.17 Å². The van der Waals surface area contributed by atoms with Gasteiger partial charge in [-0.3, -0.25) is 4.79 Å². The molecule has 0 saturated carbocycles. The molecule has 0 radical (unpaired) electrons. The number of carbonyl (C=O) groups excluding carboxylic acids is 2. The van der Waals surface area contributed by atoms with Gasteiger partial charge in [-0.25, -0.2) is 4.99 Å². The van der Waals surface area contributed by atoms with Crippen LogP contribution in [0.25, 0.3) is 17.2 Å². The van der Waals surface area contributed by atoms with Gasteiger partial charge in [0.05, 0.1) is 17.7 Å². The summed E-state index contributed by atoms with van der Waals surface area (Å²) in [4.78, 5) is 28.0. The number of nitrogens with zero attached hydrogens (tertiary/aromatic N) is 1. The molecule has 1 amide bonds. The molecule has 0 atom stereocenters. The molecule has 6 nitrogen and oxygen atoms in total. The van der Waals surface area contributed by atoms with Crippen LogP contribution < -0.4 is 44.7 Å². The summed E-state index contributed by atoms with van der Waals surface area (Å²) >= 11 is 1.26. The van der Waals surface area contributed by atoms with Crippen LogP contribution in [0.3, 0.4) is 0 Å². The Morgan fingerprint density at radius 2 is 1.61 bits per heavy atom. The molecular weight excluding hydrogens is 447 g/mol. The van der Waals surface area contributed by atoms with Crippen LogP contribution in [0, 0.1) is 0 Å². The minimum Gasteiger partial charge on any atom is -0.550 e. The van der Waals surface area contributed by atoms with Gasteiger partial charge in [-0.2, -0.15) is 0 Å². The Morgan fingerprint density at radius 1 is 1.00 bits per heavy atom. The van der Waals surface area contributed by atoms with E-state index >= 15 is 0 Å². The molecule has 1 heterocycles. The number of nitrogens with one attached hydrogen (secondary N) is 1. The predicted molar refractivity (Wildman–Crippen MR) is 124 cm³/mol. The summed E-state index contributed by atoms with van der Waals surface area (Å²) in [5.74, 6) is -0.526.